The summed E-state index contributed by atoms with van der Waals surface area (Å²) in [6.07, 6.45) is 0. The molecule has 1 aliphatic heterocycles. The van der Waals surface area contributed by atoms with E-state index in [9.17, 15) is 4.79 Å². The first kappa shape index (κ1) is 21.5. The smallest absolute Gasteiger partial charge is 0.258 e. The number of aromatic nitrogens is 2. The average molecular weight is 457 g/mol. The fourth-order valence-electron chi connectivity index (χ4n) is 3.64. The van der Waals surface area contributed by atoms with Crippen LogP contribution in [0.3, 0.4) is 0 Å². The fourth-order valence-corrected chi connectivity index (χ4v) is 3.64. The maximum absolute atomic E-state index is 12.6. The summed E-state index contributed by atoms with van der Waals surface area (Å²) in [5.74, 6) is 2.35. The lowest BCUT2D eigenvalue weighted by Crippen LogP contribution is -2.31. The minimum absolute atomic E-state index is 0.161. The molecular weight excluding hydrogens is 434 g/mol. The number of hydrogen-bond acceptors (Lipinski definition) is 7. The monoisotopic (exact) mass is 457 g/mol. The SMILES string of the molecule is C[C@H](NC(=O)COc1ccccc1-c1nnc(-c2ccccc2)o1)c1ccc2c(c1)OCCO2. The van der Waals surface area contributed by atoms with Crippen molar-refractivity contribution in [2.24, 2.45) is 0 Å². The third kappa shape index (κ3) is 4.71. The number of fused-ring (bicyclic) bond motifs is 1. The van der Waals surface area contributed by atoms with E-state index in [4.69, 9.17) is 18.6 Å². The zero-order valence-corrected chi connectivity index (χ0v) is 18.6. The van der Waals surface area contributed by atoms with Crippen molar-refractivity contribution < 1.29 is 23.4 Å². The van der Waals surface area contributed by atoms with Crippen molar-refractivity contribution in [2.75, 3.05) is 19.8 Å². The van der Waals surface area contributed by atoms with Crippen molar-refractivity contribution in [3.63, 3.8) is 0 Å². The maximum Gasteiger partial charge on any atom is 0.258 e. The second-order valence-electron chi connectivity index (χ2n) is 7.76. The van der Waals surface area contributed by atoms with E-state index in [2.05, 4.69) is 15.5 Å². The van der Waals surface area contributed by atoms with Gasteiger partial charge in [-0.2, -0.15) is 0 Å². The van der Waals surface area contributed by atoms with E-state index in [1.165, 1.54) is 0 Å². The van der Waals surface area contributed by atoms with Crippen LogP contribution in [0.5, 0.6) is 17.2 Å². The van der Waals surface area contributed by atoms with Crippen LogP contribution in [0.15, 0.2) is 77.2 Å². The summed E-state index contributed by atoms with van der Waals surface area (Å²) in [6.45, 7) is 2.79. The standard InChI is InChI=1S/C26H23N3O5/c1-17(19-11-12-22-23(15-19)32-14-13-31-22)27-24(30)16-33-21-10-6-5-9-20(21)26-29-28-25(34-26)18-7-3-2-4-8-18/h2-12,15,17H,13-14,16H2,1H3,(H,27,30)/t17-/m0/s1. The topological polar surface area (TPSA) is 95.7 Å². The zero-order chi connectivity index (χ0) is 23.3. The molecule has 1 atom stereocenters. The summed E-state index contributed by atoms with van der Waals surface area (Å²) < 4.78 is 22.8. The van der Waals surface area contributed by atoms with Crippen molar-refractivity contribution in [1.29, 1.82) is 0 Å². The number of benzene rings is 3. The Balaban J connectivity index is 1.24. The highest BCUT2D eigenvalue weighted by Crippen LogP contribution is 2.33. The third-order valence-corrected chi connectivity index (χ3v) is 5.37. The molecule has 0 bridgehead atoms. The molecule has 34 heavy (non-hydrogen) atoms. The summed E-state index contributed by atoms with van der Waals surface area (Å²) in [6, 6.07) is 22.2. The molecule has 0 aliphatic carbocycles. The van der Waals surface area contributed by atoms with Gasteiger partial charge in [0.15, 0.2) is 18.1 Å². The van der Waals surface area contributed by atoms with Gasteiger partial charge in [0, 0.05) is 5.56 Å². The normalized spacial score (nSPS) is 13.2. The third-order valence-electron chi connectivity index (χ3n) is 5.37. The summed E-state index contributed by atoms with van der Waals surface area (Å²) in [5, 5.41) is 11.2. The van der Waals surface area contributed by atoms with Gasteiger partial charge in [-0.15, -0.1) is 10.2 Å². The van der Waals surface area contributed by atoms with Gasteiger partial charge in [-0.05, 0) is 48.9 Å². The Morgan fingerprint density at radius 1 is 0.941 bits per heavy atom. The average Bonchev–Trinajstić information content (AvgIpc) is 3.38. The van der Waals surface area contributed by atoms with E-state index in [0.29, 0.717) is 47.8 Å². The van der Waals surface area contributed by atoms with Gasteiger partial charge in [0.25, 0.3) is 11.8 Å². The predicted molar refractivity (Wildman–Crippen MR) is 125 cm³/mol. The fraction of sp³-hybridized carbons (Fsp3) is 0.192. The lowest BCUT2D eigenvalue weighted by atomic mass is 10.1. The van der Waals surface area contributed by atoms with Gasteiger partial charge in [-0.1, -0.05) is 36.4 Å². The van der Waals surface area contributed by atoms with Gasteiger partial charge >= 0.3 is 0 Å². The Hall–Kier alpha value is -4.33. The molecule has 5 rings (SSSR count). The van der Waals surface area contributed by atoms with Crippen molar-refractivity contribution in [1.82, 2.24) is 15.5 Å². The first-order valence-electron chi connectivity index (χ1n) is 11.0. The van der Waals surface area contributed by atoms with Crippen molar-refractivity contribution >= 4 is 5.91 Å². The molecule has 0 radical (unpaired) electrons. The minimum atomic E-state index is -0.257. The molecule has 2 heterocycles. The molecule has 1 aromatic heterocycles. The number of hydrogen-bond donors (Lipinski definition) is 1. The molecule has 0 unspecified atom stereocenters. The molecule has 0 saturated heterocycles. The Bertz CT molecular complexity index is 1290. The molecule has 0 saturated carbocycles. The number of nitrogens with zero attached hydrogens (tertiary/aromatic N) is 2. The van der Waals surface area contributed by atoms with Crippen LogP contribution in [0.1, 0.15) is 18.5 Å². The molecule has 1 aliphatic rings. The van der Waals surface area contributed by atoms with Gasteiger partial charge in [0.1, 0.15) is 19.0 Å². The Kier molecular flexibility index (Phi) is 6.11. The Morgan fingerprint density at radius 3 is 2.53 bits per heavy atom. The molecule has 0 spiro atoms. The Morgan fingerprint density at radius 2 is 1.68 bits per heavy atom. The van der Waals surface area contributed by atoms with Gasteiger partial charge in [0.2, 0.25) is 5.89 Å². The summed E-state index contributed by atoms with van der Waals surface area (Å²) in [5.41, 5.74) is 2.36. The first-order valence-corrected chi connectivity index (χ1v) is 11.0. The van der Waals surface area contributed by atoms with Crippen LogP contribution >= 0.6 is 0 Å². The molecule has 172 valence electrons. The van der Waals surface area contributed by atoms with Crippen LogP contribution in [0, 0.1) is 0 Å². The number of amides is 1. The second-order valence-corrected chi connectivity index (χ2v) is 7.76. The molecule has 8 nitrogen and oxygen atoms in total. The molecule has 4 aromatic rings. The highest BCUT2D eigenvalue weighted by molar-refractivity contribution is 5.78. The van der Waals surface area contributed by atoms with Crippen LogP contribution in [0.4, 0.5) is 0 Å². The van der Waals surface area contributed by atoms with Crippen LogP contribution < -0.4 is 19.5 Å². The molecule has 0 fully saturated rings. The zero-order valence-electron chi connectivity index (χ0n) is 18.6. The quantitative estimate of drug-likeness (QED) is 0.439. The van der Waals surface area contributed by atoms with Crippen LogP contribution in [-0.4, -0.2) is 35.9 Å². The summed E-state index contributed by atoms with van der Waals surface area (Å²) in [4.78, 5) is 12.6. The highest BCUT2D eigenvalue weighted by Gasteiger charge is 2.18. The first-order chi connectivity index (χ1) is 16.7. The lowest BCUT2D eigenvalue weighted by molar-refractivity contribution is -0.123. The highest BCUT2D eigenvalue weighted by atomic mass is 16.6. The van der Waals surface area contributed by atoms with E-state index in [1.807, 2.05) is 73.7 Å². The summed E-state index contributed by atoms with van der Waals surface area (Å²) in [7, 11) is 0. The van der Waals surface area contributed by atoms with Gasteiger partial charge in [0.05, 0.1) is 11.6 Å². The second kappa shape index (κ2) is 9.66. The largest absolute Gasteiger partial charge is 0.486 e. The van der Waals surface area contributed by atoms with Crippen LogP contribution in [0.2, 0.25) is 0 Å². The number of nitrogens with one attached hydrogen (secondary N) is 1. The van der Waals surface area contributed by atoms with Crippen molar-refractivity contribution in [3.05, 3.63) is 78.4 Å². The number of ether oxygens (including phenoxy) is 3. The van der Waals surface area contributed by atoms with E-state index in [1.54, 1.807) is 6.07 Å². The number of carbonyl (C=O) groups is 1. The molecule has 1 N–H and O–H groups in total. The van der Waals surface area contributed by atoms with Gasteiger partial charge in [-0.25, -0.2) is 0 Å². The maximum atomic E-state index is 12.6. The van der Waals surface area contributed by atoms with Gasteiger partial charge in [-0.3, -0.25) is 4.79 Å². The van der Waals surface area contributed by atoms with Gasteiger partial charge < -0.3 is 23.9 Å². The van der Waals surface area contributed by atoms with E-state index >= 15 is 0 Å². The number of carbonyl (C=O) groups excluding carboxylic acids is 1. The molecular formula is C26H23N3O5. The molecule has 3 aromatic carbocycles. The van der Waals surface area contributed by atoms with E-state index in [-0.39, 0.29) is 18.6 Å². The lowest BCUT2D eigenvalue weighted by Gasteiger charge is -2.21. The minimum Gasteiger partial charge on any atom is -0.486 e. The number of rotatable bonds is 7. The van der Waals surface area contributed by atoms with Crippen LogP contribution in [-0.2, 0) is 4.79 Å². The summed E-state index contributed by atoms with van der Waals surface area (Å²) >= 11 is 0. The van der Waals surface area contributed by atoms with E-state index < -0.39 is 0 Å². The Labute approximate surface area is 196 Å². The van der Waals surface area contributed by atoms with Crippen molar-refractivity contribution in [3.8, 4) is 40.2 Å². The van der Waals surface area contributed by atoms with E-state index in [0.717, 1.165) is 11.1 Å². The predicted octanol–water partition coefficient (Wildman–Crippen LogP) is 4.43. The van der Waals surface area contributed by atoms with Crippen molar-refractivity contribution in [2.45, 2.75) is 13.0 Å². The number of para-hydroxylation sites is 1. The molecule has 1 amide bonds. The molecule has 8 heteroatoms. The van der Waals surface area contributed by atoms with Crippen LogP contribution in [0.25, 0.3) is 22.9 Å².